The molecule has 0 aliphatic heterocycles. The van der Waals surface area contributed by atoms with E-state index in [1.165, 1.54) is 154 Å². The van der Waals surface area contributed by atoms with Crippen LogP contribution in [-0.4, -0.2) is 46.1 Å². The minimum atomic E-state index is -1.26. The Morgan fingerprint density at radius 2 is 0.795 bits per heavy atom. The van der Waals surface area contributed by atoms with E-state index in [1.54, 1.807) is 0 Å². The third-order valence-electron chi connectivity index (χ3n) is 9.06. The molecule has 2 unspecified atom stereocenters. The number of rotatable bonds is 35. The molecule has 0 rings (SSSR count). The highest BCUT2D eigenvalue weighted by Gasteiger charge is 2.38. The molecule has 0 saturated carbocycles. The first-order chi connectivity index (χ1) is 21.5. The van der Waals surface area contributed by atoms with Gasteiger partial charge in [-0.05, 0) is 77.3 Å². The Kier molecular flexibility index (Phi) is 33.1. The number of allylic oxidation sites excluding steroid dienone is 4. The fourth-order valence-corrected chi connectivity index (χ4v) is 6.17. The zero-order valence-electron chi connectivity index (χ0n) is 29.6. The van der Waals surface area contributed by atoms with Crippen molar-refractivity contribution >= 4 is 15.2 Å². The molecular formula is C39H76NO3P. The first-order valence-electron chi connectivity index (χ1n) is 19.2. The van der Waals surface area contributed by atoms with Crippen molar-refractivity contribution in [2.75, 3.05) is 19.7 Å². The minimum Gasteiger partial charge on any atom is -0.480 e. The normalized spacial score (nSPS) is 13.5. The molecule has 0 aromatic carbocycles. The van der Waals surface area contributed by atoms with Crippen LogP contribution in [0.4, 0.5) is 0 Å². The van der Waals surface area contributed by atoms with Crippen LogP contribution in [0.1, 0.15) is 194 Å². The van der Waals surface area contributed by atoms with Gasteiger partial charge in [0.05, 0.1) is 6.61 Å². The minimum absolute atomic E-state index is 0.369. The number of unbranched alkanes of at least 4 members (excludes halogenated alkanes) is 24. The van der Waals surface area contributed by atoms with Crippen LogP contribution in [0, 0.1) is 0 Å². The van der Waals surface area contributed by atoms with Crippen molar-refractivity contribution in [3.05, 3.63) is 24.3 Å². The fraction of sp³-hybridized carbons (Fsp3) is 0.872. The zero-order valence-corrected chi connectivity index (χ0v) is 30.7. The molecule has 0 radical (unpaired) electrons. The molecular weight excluding hydrogens is 561 g/mol. The van der Waals surface area contributed by atoms with Gasteiger partial charge in [-0.2, -0.15) is 0 Å². The quantitative estimate of drug-likeness (QED) is 0.0412. The van der Waals surface area contributed by atoms with E-state index in [1.807, 2.05) is 4.90 Å². The summed E-state index contributed by atoms with van der Waals surface area (Å²) in [5.41, 5.74) is 0. The largest absolute Gasteiger partial charge is 0.480 e. The van der Waals surface area contributed by atoms with Gasteiger partial charge in [-0.3, -0.25) is 4.90 Å². The van der Waals surface area contributed by atoms with E-state index in [2.05, 4.69) is 47.4 Å². The Labute approximate surface area is 277 Å². The summed E-state index contributed by atoms with van der Waals surface area (Å²) in [6.07, 6.45) is 45.1. The van der Waals surface area contributed by atoms with Crippen LogP contribution >= 0.6 is 9.24 Å². The number of aliphatic carboxylic acids is 1. The summed E-state index contributed by atoms with van der Waals surface area (Å²) in [5.74, 6) is -0.945. The summed E-state index contributed by atoms with van der Waals surface area (Å²) >= 11 is 0. The fourth-order valence-electron chi connectivity index (χ4n) is 5.91. The van der Waals surface area contributed by atoms with Gasteiger partial charge in [0.15, 0.2) is 5.28 Å². The predicted octanol–water partition coefficient (Wildman–Crippen LogP) is 12.0. The average molecular weight is 638 g/mol. The van der Waals surface area contributed by atoms with Crippen molar-refractivity contribution in [1.29, 1.82) is 0 Å². The van der Waals surface area contributed by atoms with Crippen LogP contribution < -0.4 is 0 Å². The summed E-state index contributed by atoms with van der Waals surface area (Å²) in [6, 6.07) is 0. The highest BCUT2D eigenvalue weighted by Crippen LogP contribution is 2.26. The van der Waals surface area contributed by atoms with Crippen LogP contribution in [0.25, 0.3) is 0 Å². The maximum absolute atomic E-state index is 12.0. The van der Waals surface area contributed by atoms with E-state index >= 15 is 0 Å². The van der Waals surface area contributed by atoms with E-state index in [-0.39, 0.29) is 6.61 Å². The molecule has 0 spiro atoms. The molecule has 0 saturated heterocycles. The van der Waals surface area contributed by atoms with Crippen molar-refractivity contribution < 1.29 is 15.0 Å². The molecule has 0 aliphatic rings. The maximum Gasteiger partial charge on any atom is 0.330 e. The Hall–Kier alpha value is -0.700. The first-order valence-corrected chi connectivity index (χ1v) is 19.8. The molecule has 0 heterocycles. The van der Waals surface area contributed by atoms with Gasteiger partial charge >= 0.3 is 5.97 Å². The smallest absolute Gasteiger partial charge is 0.330 e. The van der Waals surface area contributed by atoms with Crippen LogP contribution in [0.2, 0.25) is 0 Å². The van der Waals surface area contributed by atoms with E-state index < -0.39 is 11.2 Å². The maximum atomic E-state index is 12.0. The Balaban J connectivity index is 3.93. The van der Waals surface area contributed by atoms with Crippen molar-refractivity contribution in [2.24, 2.45) is 0 Å². The lowest BCUT2D eigenvalue weighted by molar-refractivity contribution is -0.147. The highest BCUT2D eigenvalue weighted by atomic mass is 31.0. The van der Waals surface area contributed by atoms with Crippen molar-refractivity contribution in [1.82, 2.24) is 4.90 Å². The Morgan fingerprint density at radius 3 is 1.07 bits per heavy atom. The van der Waals surface area contributed by atoms with Gasteiger partial charge in [0.1, 0.15) is 0 Å². The van der Waals surface area contributed by atoms with Gasteiger partial charge in [-0.1, -0.05) is 154 Å². The molecule has 0 bridgehead atoms. The summed E-state index contributed by atoms with van der Waals surface area (Å²) < 4.78 is 0. The highest BCUT2D eigenvalue weighted by molar-refractivity contribution is 7.20. The molecule has 5 heteroatoms. The van der Waals surface area contributed by atoms with Crippen molar-refractivity contribution in [2.45, 2.75) is 199 Å². The molecule has 4 nitrogen and oxygen atoms in total. The number of hydrogen-bond donors (Lipinski definition) is 2. The number of carboxylic acid groups (broad SMARTS) is 1. The SMILES string of the molecule is CCCCCCCC/C=C\CCCCCCCCN(CCCCCCCC/C=C\CCCCCCCC)C(P)(CO)C(=O)O. The van der Waals surface area contributed by atoms with E-state index in [0.717, 1.165) is 38.8 Å². The van der Waals surface area contributed by atoms with Gasteiger partial charge in [0.25, 0.3) is 0 Å². The lowest BCUT2D eigenvalue weighted by Crippen LogP contribution is -2.53. The molecule has 0 amide bonds. The number of carbonyl (C=O) groups is 1. The summed E-state index contributed by atoms with van der Waals surface area (Å²) in [6.45, 7) is 5.65. The predicted molar refractivity (Wildman–Crippen MR) is 198 cm³/mol. The molecule has 0 fully saturated rings. The third kappa shape index (κ3) is 26.5. The second-order valence-corrected chi connectivity index (χ2v) is 14.2. The molecule has 0 aromatic heterocycles. The molecule has 2 N–H and O–H groups in total. The van der Waals surface area contributed by atoms with E-state index in [4.69, 9.17) is 0 Å². The monoisotopic (exact) mass is 638 g/mol. The molecule has 2 atom stereocenters. The standard InChI is InChI=1S/C39H76NO3P/c1-3-5-7-9-11-13-15-17-19-21-23-25-27-29-31-33-35-40(39(44,37-41)38(42)43)36-34-32-30-28-26-24-22-20-18-16-14-12-10-8-6-4-2/h17-20,41H,3-16,21-37,44H2,1-2H3,(H,42,43)/b19-17-,20-18-. The lowest BCUT2D eigenvalue weighted by atomic mass is 10.1. The molecule has 44 heavy (non-hydrogen) atoms. The van der Waals surface area contributed by atoms with Gasteiger partial charge in [0.2, 0.25) is 0 Å². The molecule has 0 aromatic rings. The summed E-state index contributed by atoms with van der Waals surface area (Å²) in [4.78, 5) is 14.0. The van der Waals surface area contributed by atoms with Crippen LogP contribution in [0.15, 0.2) is 24.3 Å². The van der Waals surface area contributed by atoms with Gasteiger partial charge < -0.3 is 10.2 Å². The number of aliphatic hydroxyl groups excluding tert-OH is 1. The molecule has 0 aliphatic carbocycles. The van der Waals surface area contributed by atoms with Crippen LogP contribution in [0.5, 0.6) is 0 Å². The third-order valence-corrected chi connectivity index (χ3v) is 9.85. The summed E-state index contributed by atoms with van der Waals surface area (Å²) in [5, 5.41) is 18.5. The number of carboxylic acids is 1. The zero-order chi connectivity index (χ0) is 32.4. The Morgan fingerprint density at radius 1 is 0.523 bits per heavy atom. The second kappa shape index (κ2) is 33.7. The van der Waals surface area contributed by atoms with Crippen LogP contribution in [0.3, 0.4) is 0 Å². The second-order valence-electron chi connectivity index (χ2n) is 13.3. The van der Waals surface area contributed by atoms with E-state index in [0.29, 0.717) is 0 Å². The Bertz CT molecular complexity index is 626. The topological polar surface area (TPSA) is 60.8 Å². The van der Waals surface area contributed by atoms with Crippen molar-refractivity contribution in [3.8, 4) is 0 Å². The lowest BCUT2D eigenvalue weighted by Gasteiger charge is -2.36. The van der Waals surface area contributed by atoms with E-state index in [9.17, 15) is 15.0 Å². The number of aliphatic hydroxyl groups is 1. The average Bonchev–Trinajstić information content (AvgIpc) is 3.02. The van der Waals surface area contributed by atoms with Gasteiger partial charge in [-0.15, -0.1) is 9.24 Å². The van der Waals surface area contributed by atoms with Gasteiger partial charge in [0, 0.05) is 0 Å². The molecule has 260 valence electrons. The first kappa shape index (κ1) is 43.3. The van der Waals surface area contributed by atoms with Gasteiger partial charge in [-0.25, -0.2) is 4.79 Å². The number of nitrogens with zero attached hydrogens (tertiary/aromatic N) is 1. The summed E-state index contributed by atoms with van der Waals surface area (Å²) in [7, 11) is 2.44. The van der Waals surface area contributed by atoms with Crippen molar-refractivity contribution in [3.63, 3.8) is 0 Å². The number of hydrogen-bond acceptors (Lipinski definition) is 3. The van der Waals surface area contributed by atoms with Crippen LogP contribution in [-0.2, 0) is 4.79 Å².